The van der Waals surface area contributed by atoms with E-state index in [0.29, 0.717) is 32.1 Å². The maximum Gasteiger partial charge on any atom is 0.260 e. The minimum Gasteiger partial charge on any atom is -0.484 e. The first-order chi connectivity index (χ1) is 16.7. The fourth-order valence-corrected chi connectivity index (χ4v) is 4.22. The molecule has 2 aromatic heterocycles. The molecular formula is C26H27N5O3. The number of hydrazone groups is 1. The van der Waals surface area contributed by atoms with E-state index in [-0.39, 0.29) is 24.5 Å². The van der Waals surface area contributed by atoms with Crippen molar-refractivity contribution in [2.75, 3.05) is 32.9 Å². The Kier molecular flexibility index (Phi) is 6.49. The summed E-state index contributed by atoms with van der Waals surface area (Å²) >= 11 is 0. The number of ether oxygens (including phenoxy) is 2. The summed E-state index contributed by atoms with van der Waals surface area (Å²) in [5.74, 6) is 0.679. The van der Waals surface area contributed by atoms with Crippen LogP contribution in [0.3, 0.4) is 0 Å². The highest BCUT2D eigenvalue weighted by atomic mass is 16.5. The average Bonchev–Trinajstić information content (AvgIpc) is 3.38. The maximum atomic E-state index is 12.3. The topological polar surface area (TPSA) is 88.9 Å². The van der Waals surface area contributed by atoms with Gasteiger partial charge < -0.3 is 19.8 Å². The molecule has 0 bridgehead atoms. The van der Waals surface area contributed by atoms with Crippen LogP contribution in [0.15, 0.2) is 65.9 Å². The third-order valence-corrected chi connectivity index (χ3v) is 6.08. The highest BCUT2D eigenvalue weighted by Gasteiger charge is 2.28. The Morgan fingerprint density at radius 1 is 1.15 bits per heavy atom. The van der Waals surface area contributed by atoms with Crippen LogP contribution in [0.5, 0.6) is 5.75 Å². The highest BCUT2D eigenvalue weighted by Crippen LogP contribution is 2.33. The number of morpholine rings is 1. The van der Waals surface area contributed by atoms with E-state index in [1.54, 1.807) is 4.90 Å². The molecule has 3 aromatic rings. The van der Waals surface area contributed by atoms with Crippen LogP contribution >= 0.6 is 0 Å². The number of benzene rings is 1. The normalized spacial score (nSPS) is 19.6. The summed E-state index contributed by atoms with van der Waals surface area (Å²) in [5.41, 5.74) is 8.12. The van der Waals surface area contributed by atoms with Gasteiger partial charge in [0.25, 0.3) is 5.91 Å². The Balaban J connectivity index is 1.26. The van der Waals surface area contributed by atoms with Crippen molar-refractivity contribution in [1.29, 1.82) is 0 Å². The van der Waals surface area contributed by atoms with Crippen LogP contribution in [0, 0.1) is 6.92 Å². The van der Waals surface area contributed by atoms with E-state index in [1.165, 1.54) is 0 Å². The molecule has 0 radical (unpaired) electrons. The van der Waals surface area contributed by atoms with Crippen LogP contribution in [0.1, 0.15) is 28.9 Å². The Hall–Kier alpha value is -3.78. The van der Waals surface area contributed by atoms with Crippen molar-refractivity contribution in [1.82, 2.24) is 20.3 Å². The predicted molar refractivity (Wildman–Crippen MR) is 129 cm³/mol. The van der Waals surface area contributed by atoms with Crippen LogP contribution in [-0.4, -0.2) is 59.9 Å². The molecule has 2 atom stereocenters. The maximum absolute atomic E-state index is 12.3. The van der Waals surface area contributed by atoms with Gasteiger partial charge in [-0.2, -0.15) is 5.10 Å². The summed E-state index contributed by atoms with van der Waals surface area (Å²) in [6.07, 6.45) is 3.73. The zero-order chi connectivity index (χ0) is 23.3. The molecule has 34 heavy (non-hydrogen) atoms. The van der Waals surface area contributed by atoms with Crippen LogP contribution in [0.25, 0.3) is 11.3 Å². The molecule has 1 saturated heterocycles. The minimum absolute atomic E-state index is 0.00939. The van der Waals surface area contributed by atoms with E-state index >= 15 is 0 Å². The van der Waals surface area contributed by atoms with E-state index in [9.17, 15) is 4.79 Å². The fraction of sp³-hybridized carbons (Fsp3) is 0.308. The molecule has 174 valence electrons. The summed E-state index contributed by atoms with van der Waals surface area (Å²) in [6, 6.07) is 17.8. The lowest BCUT2D eigenvalue weighted by Crippen LogP contribution is -2.42. The second-order valence-electron chi connectivity index (χ2n) is 8.40. The Morgan fingerprint density at radius 2 is 1.97 bits per heavy atom. The van der Waals surface area contributed by atoms with Gasteiger partial charge in [-0.3, -0.25) is 14.8 Å². The van der Waals surface area contributed by atoms with Crippen molar-refractivity contribution in [3.63, 3.8) is 0 Å². The molecular weight excluding hydrogens is 430 g/mol. The first-order valence-corrected chi connectivity index (χ1v) is 11.4. The van der Waals surface area contributed by atoms with Crippen molar-refractivity contribution < 1.29 is 14.3 Å². The number of aryl methyl sites for hydroxylation is 1. The van der Waals surface area contributed by atoms with Gasteiger partial charge in [-0.15, -0.1) is 0 Å². The molecule has 0 aliphatic carbocycles. The summed E-state index contributed by atoms with van der Waals surface area (Å²) in [4.78, 5) is 23.3. The third kappa shape index (κ3) is 4.92. The minimum atomic E-state index is -0.0225. The van der Waals surface area contributed by atoms with Crippen LogP contribution in [0.2, 0.25) is 0 Å². The van der Waals surface area contributed by atoms with Gasteiger partial charge in [-0.1, -0.05) is 6.07 Å². The van der Waals surface area contributed by atoms with Gasteiger partial charge in [-0.05, 0) is 61.0 Å². The average molecular weight is 458 g/mol. The number of carbonyl (C=O) groups excluding carboxylic acids is 1. The molecule has 8 heteroatoms. The van der Waals surface area contributed by atoms with Crippen molar-refractivity contribution in [3.05, 3.63) is 77.7 Å². The monoisotopic (exact) mass is 457 g/mol. The smallest absolute Gasteiger partial charge is 0.260 e. The second kappa shape index (κ2) is 10.0. The lowest BCUT2D eigenvalue weighted by Gasteiger charge is -2.26. The number of amides is 1. The number of nitrogens with zero attached hydrogens (tertiary/aromatic N) is 4. The molecule has 1 amide bonds. The van der Waals surface area contributed by atoms with E-state index in [2.05, 4.69) is 26.6 Å². The lowest BCUT2D eigenvalue weighted by atomic mass is 9.91. The molecule has 8 nitrogen and oxygen atoms in total. The van der Waals surface area contributed by atoms with Gasteiger partial charge in [0.15, 0.2) is 6.61 Å². The van der Waals surface area contributed by atoms with Gasteiger partial charge in [0.1, 0.15) is 5.75 Å². The van der Waals surface area contributed by atoms with Gasteiger partial charge >= 0.3 is 0 Å². The molecule has 2 unspecified atom stereocenters. The standard InChI is InChI=1S/C26H27N5O3/c1-18-3-2-4-23(29-18)22-16-28-30-26(22)20-9-10-27-24(15-20)19-5-7-21(8-6-19)34-17-25(32)31-11-13-33-14-12-31/h2-10,15-16,22,26,30H,11-14,17H2,1H3. The highest BCUT2D eigenvalue weighted by molar-refractivity contribution is 5.78. The molecule has 0 saturated carbocycles. The zero-order valence-electron chi connectivity index (χ0n) is 19.1. The Bertz CT molecular complexity index is 1180. The SMILES string of the molecule is Cc1cccc(C2C=NNC2c2ccnc(-c3ccc(OCC(=O)N4CCOCC4)cc3)c2)n1. The summed E-state index contributed by atoms with van der Waals surface area (Å²) in [6.45, 7) is 4.41. The van der Waals surface area contributed by atoms with Gasteiger partial charge in [0.2, 0.25) is 0 Å². The van der Waals surface area contributed by atoms with Crippen molar-refractivity contribution >= 4 is 12.1 Å². The van der Waals surface area contributed by atoms with Gasteiger partial charge in [0, 0.05) is 36.8 Å². The van der Waals surface area contributed by atoms with Crippen molar-refractivity contribution in [3.8, 4) is 17.0 Å². The van der Waals surface area contributed by atoms with Crippen molar-refractivity contribution in [2.24, 2.45) is 5.10 Å². The first-order valence-electron chi connectivity index (χ1n) is 11.4. The van der Waals surface area contributed by atoms with E-state index in [1.807, 2.05) is 67.9 Å². The Labute approximate surface area is 198 Å². The van der Waals surface area contributed by atoms with Gasteiger partial charge in [-0.25, -0.2) is 0 Å². The number of nitrogens with one attached hydrogen (secondary N) is 1. The molecule has 2 aliphatic heterocycles. The van der Waals surface area contributed by atoms with Crippen LogP contribution in [-0.2, 0) is 9.53 Å². The van der Waals surface area contributed by atoms with Crippen LogP contribution < -0.4 is 10.2 Å². The quantitative estimate of drug-likeness (QED) is 0.612. The predicted octanol–water partition coefficient (Wildman–Crippen LogP) is 3.10. The number of pyridine rings is 2. The molecule has 4 heterocycles. The summed E-state index contributed by atoms with van der Waals surface area (Å²) < 4.78 is 11.0. The number of aromatic nitrogens is 2. The van der Waals surface area contributed by atoms with E-state index in [0.717, 1.165) is 28.2 Å². The number of hydrogen-bond donors (Lipinski definition) is 1. The first kappa shape index (κ1) is 22.0. The second-order valence-corrected chi connectivity index (χ2v) is 8.40. The molecule has 5 rings (SSSR count). The summed E-state index contributed by atoms with van der Waals surface area (Å²) in [7, 11) is 0. The Morgan fingerprint density at radius 3 is 2.76 bits per heavy atom. The number of carbonyl (C=O) groups is 1. The number of hydrogen-bond acceptors (Lipinski definition) is 7. The van der Waals surface area contributed by atoms with Gasteiger partial charge in [0.05, 0.1) is 36.6 Å². The molecule has 1 N–H and O–H groups in total. The lowest BCUT2D eigenvalue weighted by molar-refractivity contribution is -0.137. The molecule has 1 fully saturated rings. The van der Waals surface area contributed by atoms with Crippen LogP contribution in [0.4, 0.5) is 0 Å². The fourth-order valence-electron chi connectivity index (χ4n) is 4.22. The van der Waals surface area contributed by atoms with Crippen molar-refractivity contribution in [2.45, 2.75) is 18.9 Å². The van der Waals surface area contributed by atoms with E-state index < -0.39 is 0 Å². The number of rotatable bonds is 6. The zero-order valence-corrected chi connectivity index (χ0v) is 19.1. The molecule has 0 spiro atoms. The molecule has 1 aromatic carbocycles. The molecule has 2 aliphatic rings. The van der Waals surface area contributed by atoms with E-state index in [4.69, 9.17) is 9.47 Å². The largest absolute Gasteiger partial charge is 0.484 e. The third-order valence-electron chi connectivity index (χ3n) is 6.08. The summed E-state index contributed by atoms with van der Waals surface area (Å²) in [5, 5.41) is 4.32.